The average molecular weight is 506 g/mol. The van der Waals surface area contributed by atoms with Gasteiger partial charge in [0.05, 0.1) is 5.69 Å². The topological polar surface area (TPSA) is 120 Å². The highest BCUT2D eigenvalue weighted by Gasteiger charge is 2.20. The minimum atomic E-state index is -0.942. The molecule has 0 saturated heterocycles. The molecule has 0 atom stereocenters. The van der Waals surface area contributed by atoms with Gasteiger partial charge in [-0.15, -0.1) is 0 Å². The molecule has 9 nitrogen and oxygen atoms in total. The monoisotopic (exact) mass is 506 g/mol. The molecule has 0 bridgehead atoms. The van der Waals surface area contributed by atoms with Gasteiger partial charge in [-0.05, 0) is 48.9 Å². The van der Waals surface area contributed by atoms with E-state index in [4.69, 9.17) is 5.26 Å². The van der Waals surface area contributed by atoms with Crippen molar-refractivity contribution >= 4 is 22.9 Å². The zero-order valence-electron chi connectivity index (χ0n) is 19.8. The minimum Gasteiger partial charge on any atom is -0.354 e. The number of nitrogens with zero attached hydrogens (tertiary/aromatic N) is 5. The maximum atomic E-state index is 14.7. The van der Waals surface area contributed by atoms with E-state index in [9.17, 15) is 18.0 Å². The number of guanidine groups is 1. The first-order valence-electron chi connectivity index (χ1n) is 11.1. The van der Waals surface area contributed by atoms with Crippen LogP contribution in [0.25, 0.3) is 28.0 Å². The normalized spacial score (nSPS) is 11.3. The van der Waals surface area contributed by atoms with Crippen molar-refractivity contribution in [3.05, 3.63) is 81.9 Å². The highest BCUT2D eigenvalue weighted by atomic mass is 19.1. The molecule has 0 spiro atoms. The third kappa shape index (κ3) is 5.20. The maximum absolute atomic E-state index is 14.7. The van der Waals surface area contributed by atoms with Crippen LogP contribution in [0.15, 0.2) is 58.3 Å². The lowest BCUT2D eigenvalue weighted by atomic mass is 10.0. The van der Waals surface area contributed by atoms with Crippen molar-refractivity contribution < 1.29 is 13.2 Å². The number of aryl methyl sites for hydroxylation is 1. The summed E-state index contributed by atoms with van der Waals surface area (Å²) >= 11 is 0. The third-order valence-corrected chi connectivity index (χ3v) is 5.45. The first-order chi connectivity index (χ1) is 17.8. The highest BCUT2D eigenvalue weighted by Crippen LogP contribution is 2.31. The Balaban J connectivity index is 1.88. The van der Waals surface area contributed by atoms with Crippen LogP contribution in [0, 0.1) is 35.8 Å². The minimum absolute atomic E-state index is 0.0392. The predicted octanol–water partition coefficient (Wildman–Crippen LogP) is 3.23. The summed E-state index contributed by atoms with van der Waals surface area (Å²) in [6.07, 6.45) is 1.76. The number of hydrogen-bond acceptors (Lipinski definition) is 6. The molecular formula is C25H21F3N8O. The molecular weight excluding hydrogens is 485 g/mol. The van der Waals surface area contributed by atoms with Crippen molar-refractivity contribution in [2.75, 3.05) is 25.5 Å². The molecule has 0 aliphatic heterocycles. The van der Waals surface area contributed by atoms with E-state index in [0.717, 1.165) is 16.7 Å². The zero-order chi connectivity index (χ0) is 26.5. The molecule has 0 unspecified atom stereocenters. The third-order valence-electron chi connectivity index (χ3n) is 5.45. The summed E-state index contributed by atoms with van der Waals surface area (Å²) < 4.78 is 44.2. The molecule has 12 heteroatoms. The number of aromatic nitrogens is 3. The summed E-state index contributed by atoms with van der Waals surface area (Å²) in [5, 5.41) is 17.4. The van der Waals surface area contributed by atoms with Crippen LogP contribution in [0.1, 0.15) is 5.56 Å². The van der Waals surface area contributed by atoms with Crippen LogP contribution >= 0.6 is 0 Å². The Kier molecular flexibility index (Phi) is 7.34. The number of anilines is 1. The van der Waals surface area contributed by atoms with Crippen LogP contribution in [0.2, 0.25) is 0 Å². The van der Waals surface area contributed by atoms with E-state index in [-0.39, 0.29) is 24.1 Å². The predicted molar refractivity (Wildman–Crippen MR) is 134 cm³/mol. The molecule has 2 heterocycles. The van der Waals surface area contributed by atoms with Gasteiger partial charge in [-0.3, -0.25) is 19.7 Å². The van der Waals surface area contributed by atoms with Gasteiger partial charge in [-0.25, -0.2) is 18.2 Å². The van der Waals surface area contributed by atoms with E-state index < -0.39 is 28.7 Å². The number of benzene rings is 2. The zero-order valence-corrected chi connectivity index (χ0v) is 19.8. The SMILES string of the molecule is C/N=C(\NC#N)NCCNc1nc(-c2ccc(F)cc2C)c2ccc(=O)n(-c3c(F)cccc3F)c2n1. The standard InChI is InChI=1S/C25H21F3N8O/c1-14-12-15(26)6-7-16(14)21-17-8-9-20(37)36(22-18(27)4-3-5-19(22)28)23(17)35-25(34-21)32-11-10-31-24(30-2)33-13-29/h3-9,12H,10-11H2,1-2H3,(H2,30,31,33)(H,32,34,35). The van der Waals surface area contributed by atoms with Gasteiger partial charge in [0.2, 0.25) is 11.9 Å². The fraction of sp³-hybridized carbons (Fsp3) is 0.160. The summed E-state index contributed by atoms with van der Waals surface area (Å²) in [5.41, 5.74) is 0.142. The molecule has 2 aromatic carbocycles. The average Bonchev–Trinajstić information content (AvgIpc) is 2.86. The van der Waals surface area contributed by atoms with Gasteiger partial charge in [0.25, 0.3) is 5.56 Å². The van der Waals surface area contributed by atoms with Gasteiger partial charge in [0.1, 0.15) is 23.1 Å². The summed E-state index contributed by atoms with van der Waals surface area (Å²) in [5.74, 6) is -2.00. The molecule has 2 aromatic heterocycles. The highest BCUT2D eigenvalue weighted by molar-refractivity contribution is 5.93. The second-order valence-corrected chi connectivity index (χ2v) is 7.83. The fourth-order valence-electron chi connectivity index (χ4n) is 3.80. The number of rotatable bonds is 6. The van der Waals surface area contributed by atoms with E-state index in [0.29, 0.717) is 28.8 Å². The molecule has 0 saturated carbocycles. The van der Waals surface area contributed by atoms with E-state index >= 15 is 0 Å². The van der Waals surface area contributed by atoms with Gasteiger partial charge >= 0.3 is 0 Å². The molecule has 37 heavy (non-hydrogen) atoms. The Hall–Kier alpha value is -4.92. The van der Waals surface area contributed by atoms with Crippen LogP contribution in [0.5, 0.6) is 0 Å². The second kappa shape index (κ2) is 10.8. The number of pyridine rings is 1. The maximum Gasteiger partial charge on any atom is 0.256 e. The van der Waals surface area contributed by atoms with Gasteiger partial charge in [0.15, 0.2) is 11.8 Å². The largest absolute Gasteiger partial charge is 0.354 e. The van der Waals surface area contributed by atoms with Crippen LogP contribution < -0.4 is 21.5 Å². The fourth-order valence-corrected chi connectivity index (χ4v) is 3.80. The summed E-state index contributed by atoms with van der Waals surface area (Å²) in [7, 11) is 1.50. The molecule has 4 rings (SSSR count). The number of para-hydroxylation sites is 1. The van der Waals surface area contributed by atoms with Crippen molar-refractivity contribution in [1.29, 1.82) is 5.26 Å². The number of aliphatic imine (C=N–C) groups is 1. The summed E-state index contributed by atoms with van der Waals surface area (Å²) in [6.45, 7) is 2.26. The smallest absolute Gasteiger partial charge is 0.256 e. The molecule has 0 aliphatic carbocycles. The van der Waals surface area contributed by atoms with E-state index in [1.807, 2.05) is 0 Å². The number of halogens is 3. The number of nitrogens with one attached hydrogen (secondary N) is 3. The summed E-state index contributed by atoms with van der Waals surface area (Å²) in [6, 6.07) is 10.1. The van der Waals surface area contributed by atoms with Gasteiger partial charge < -0.3 is 10.6 Å². The Labute approximate surface area is 209 Å². The van der Waals surface area contributed by atoms with E-state index in [1.165, 1.54) is 43.4 Å². The van der Waals surface area contributed by atoms with E-state index in [1.54, 1.807) is 13.1 Å². The number of fused-ring (bicyclic) bond motifs is 1. The molecule has 0 amide bonds. The van der Waals surface area contributed by atoms with Gasteiger partial charge in [0, 0.05) is 37.2 Å². The van der Waals surface area contributed by atoms with Crippen LogP contribution in [-0.2, 0) is 0 Å². The molecule has 3 N–H and O–H groups in total. The first-order valence-corrected chi connectivity index (χ1v) is 11.1. The van der Waals surface area contributed by atoms with Crippen LogP contribution in [0.3, 0.4) is 0 Å². The molecule has 0 fully saturated rings. The molecule has 188 valence electrons. The Bertz CT molecular complexity index is 1590. The Morgan fingerprint density at radius 1 is 1.08 bits per heavy atom. The lowest BCUT2D eigenvalue weighted by molar-refractivity contribution is 0.568. The summed E-state index contributed by atoms with van der Waals surface area (Å²) in [4.78, 5) is 25.7. The molecule has 0 aliphatic rings. The molecule has 4 aromatic rings. The lowest BCUT2D eigenvalue weighted by Crippen LogP contribution is -2.37. The van der Waals surface area contributed by atoms with Crippen molar-refractivity contribution in [3.8, 4) is 23.1 Å². The van der Waals surface area contributed by atoms with Crippen LogP contribution in [0.4, 0.5) is 19.1 Å². The molecule has 0 radical (unpaired) electrons. The van der Waals surface area contributed by atoms with Gasteiger partial charge in [-0.1, -0.05) is 6.07 Å². The van der Waals surface area contributed by atoms with E-state index in [2.05, 4.69) is 30.9 Å². The van der Waals surface area contributed by atoms with Gasteiger partial charge in [-0.2, -0.15) is 10.2 Å². The first kappa shape index (κ1) is 25.2. The van der Waals surface area contributed by atoms with Crippen LogP contribution in [-0.4, -0.2) is 40.6 Å². The lowest BCUT2D eigenvalue weighted by Gasteiger charge is -2.16. The second-order valence-electron chi connectivity index (χ2n) is 7.83. The Morgan fingerprint density at radius 3 is 2.51 bits per heavy atom. The van der Waals surface area contributed by atoms with Crippen molar-refractivity contribution in [1.82, 2.24) is 25.2 Å². The van der Waals surface area contributed by atoms with Crippen molar-refractivity contribution in [3.63, 3.8) is 0 Å². The van der Waals surface area contributed by atoms with Crippen molar-refractivity contribution in [2.45, 2.75) is 6.92 Å². The number of nitriles is 1. The Morgan fingerprint density at radius 2 is 1.84 bits per heavy atom. The number of hydrogen-bond donors (Lipinski definition) is 3. The van der Waals surface area contributed by atoms with Crippen molar-refractivity contribution in [2.24, 2.45) is 4.99 Å². The quantitative estimate of drug-likeness (QED) is 0.121.